The lowest BCUT2D eigenvalue weighted by Crippen LogP contribution is -2.66. The fraction of sp³-hybridized carbons (Fsp3) is 0.929. The highest BCUT2D eigenvalue weighted by molar-refractivity contribution is 5.73. The van der Waals surface area contributed by atoms with Crippen LogP contribution < -0.4 is 5.32 Å². The molecular formula is C14H25NO10. The molecule has 2 saturated heterocycles. The van der Waals surface area contributed by atoms with Gasteiger partial charge in [-0.15, -0.1) is 0 Å². The van der Waals surface area contributed by atoms with Crippen molar-refractivity contribution >= 4 is 5.91 Å². The van der Waals surface area contributed by atoms with E-state index in [4.69, 9.17) is 14.2 Å². The third-order valence-electron chi connectivity index (χ3n) is 4.34. The van der Waals surface area contributed by atoms with E-state index in [1.165, 1.54) is 13.8 Å². The van der Waals surface area contributed by atoms with E-state index in [9.17, 15) is 35.4 Å². The molecule has 2 aliphatic heterocycles. The maximum absolute atomic E-state index is 11.2. The largest absolute Gasteiger partial charge is 0.394 e. The second-order valence-corrected chi connectivity index (χ2v) is 6.25. The molecule has 0 aromatic carbocycles. The molecule has 11 heteroatoms. The van der Waals surface area contributed by atoms with E-state index in [1.54, 1.807) is 0 Å². The lowest BCUT2D eigenvalue weighted by atomic mass is 9.95. The van der Waals surface area contributed by atoms with Gasteiger partial charge in [0.1, 0.15) is 42.7 Å². The average molecular weight is 367 g/mol. The minimum absolute atomic E-state index is 0.533. The van der Waals surface area contributed by atoms with Crippen LogP contribution in [0.4, 0.5) is 0 Å². The molecule has 25 heavy (non-hydrogen) atoms. The van der Waals surface area contributed by atoms with Crippen molar-refractivity contribution in [2.75, 3.05) is 6.61 Å². The lowest BCUT2D eigenvalue weighted by molar-refractivity contribution is -0.341. The molecule has 10 unspecified atom stereocenters. The first kappa shape index (κ1) is 20.4. The van der Waals surface area contributed by atoms with Crippen molar-refractivity contribution in [3.63, 3.8) is 0 Å². The summed E-state index contributed by atoms with van der Waals surface area (Å²) in [5.74, 6) is -0.533. The molecular weight excluding hydrogens is 342 g/mol. The lowest BCUT2D eigenvalue weighted by Gasteiger charge is -2.46. The fourth-order valence-corrected chi connectivity index (χ4v) is 2.92. The molecule has 146 valence electrons. The van der Waals surface area contributed by atoms with Crippen LogP contribution in [0.15, 0.2) is 0 Å². The van der Waals surface area contributed by atoms with E-state index in [2.05, 4.69) is 5.32 Å². The summed E-state index contributed by atoms with van der Waals surface area (Å²) in [6.07, 6.45) is -12.3. The monoisotopic (exact) mass is 367 g/mol. The van der Waals surface area contributed by atoms with Crippen molar-refractivity contribution in [3.05, 3.63) is 0 Å². The van der Waals surface area contributed by atoms with Gasteiger partial charge in [-0.3, -0.25) is 4.79 Å². The van der Waals surface area contributed by atoms with Crippen LogP contribution in [0.25, 0.3) is 0 Å². The minimum atomic E-state index is -1.62. The topological polar surface area (TPSA) is 178 Å². The molecule has 0 aliphatic carbocycles. The van der Waals surface area contributed by atoms with Gasteiger partial charge in [0.2, 0.25) is 5.91 Å². The molecule has 7 N–H and O–H groups in total. The third-order valence-corrected chi connectivity index (χ3v) is 4.34. The number of rotatable bonds is 4. The van der Waals surface area contributed by atoms with Crippen LogP contribution in [0.2, 0.25) is 0 Å². The van der Waals surface area contributed by atoms with E-state index in [0.29, 0.717) is 0 Å². The molecule has 0 spiro atoms. The number of carbonyl (C=O) groups is 1. The van der Waals surface area contributed by atoms with Gasteiger partial charge in [-0.1, -0.05) is 0 Å². The summed E-state index contributed by atoms with van der Waals surface area (Å²) in [7, 11) is 0. The number of aliphatic hydroxyl groups excluding tert-OH is 6. The Labute approximate surface area is 143 Å². The zero-order chi connectivity index (χ0) is 18.9. The van der Waals surface area contributed by atoms with Crippen molar-refractivity contribution in [2.45, 2.75) is 75.2 Å². The number of carbonyl (C=O) groups excluding carboxylic acids is 1. The Kier molecular flexibility index (Phi) is 6.70. The Balaban J connectivity index is 2.15. The molecule has 2 heterocycles. The molecule has 2 rings (SSSR count). The molecule has 2 aliphatic rings. The number of aliphatic hydroxyl groups is 6. The highest BCUT2D eigenvalue weighted by atomic mass is 16.7. The van der Waals surface area contributed by atoms with E-state index in [0.717, 1.165) is 0 Å². The van der Waals surface area contributed by atoms with Gasteiger partial charge < -0.3 is 50.2 Å². The first-order chi connectivity index (χ1) is 11.7. The van der Waals surface area contributed by atoms with Gasteiger partial charge in [0, 0.05) is 6.92 Å². The van der Waals surface area contributed by atoms with Crippen molar-refractivity contribution in [2.24, 2.45) is 0 Å². The number of amides is 1. The quantitative estimate of drug-likeness (QED) is 0.257. The van der Waals surface area contributed by atoms with Gasteiger partial charge in [-0.05, 0) is 6.92 Å². The predicted octanol–water partition coefficient (Wildman–Crippen LogP) is -4.23. The van der Waals surface area contributed by atoms with E-state index >= 15 is 0 Å². The molecule has 2 fully saturated rings. The molecule has 0 aromatic heterocycles. The van der Waals surface area contributed by atoms with Crippen LogP contribution in [0.5, 0.6) is 0 Å². The second kappa shape index (κ2) is 8.20. The summed E-state index contributed by atoms with van der Waals surface area (Å²) >= 11 is 0. The third kappa shape index (κ3) is 4.27. The standard InChI is InChI=1S/C14H25NO10/c1-4-8(18)10(20)11(21)14(23-4)25-12-6(3-16)24-13(22)7(9(12)19)15-5(2)17/h4,6-14,16,18-22H,3H2,1-2H3,(H,15,17). The second-order valence-electron chi connectivity index (χ2n) is 6.25. The van der Waals surface area contributed by atoms with Crippen LogP contribution in [-0.4, -0.2) is 105 Å². The molecule has 0 saturated carbocycles. The van der Waals surface area contributed by atoms with Crippen LogP contribution >= 0.6 is 0 Å². The van der Waals surface area contributed by atoms with Crippen LogP contribution in [0.1, 0.15) is 13.8 Å². The molecule has 0 aromatic rings. The highest BCUT2D eigenvalue weighted by Gasteiger charge is 2.50. The summed E-state index contributed by atoms with van der Waals surface area (Å²) in [6, 6.07) is -1.24. The normalized spacial score (nSPS) is 48.2. The SMILES string of the molecule is CC(=O)NC1C(O)OC(CO)C(OC2OC(C)C(O)C(O)C2O)C1O. The Morgan fingerprint density at radius 3 is 2.24 bits per heavy atom. The zero-order valence-corrected chi connectivity index (χ0v) is 13.8. The summed E-state index contributed by atoms with van der Waals surface area (Å²) < 4.78 is 15.9. The summed E-state index contributed by atoms with van der Waals surface area (Å²) in [5, 5.41) is 61.5. The number of ether oxygens (including phenoxy) is 3. The maximum Gasteiger partial charge on any atom is 0.217 e. The van der Waals surface area contributed by atoms with Crippen LogP contribution in [-0.2, 0) is 19.0 Å². The summed E-state index contributed by atoms with van der Waals surface area (Å²) in [5.41, 5.74) is 0. The van der Waals surface area contributed by atoms with Crippen LogP contribution in [0.3, 0.4) is 0 Å². The van der Waals surface area contributed by atoms with Gasteiger partial charge in [-0.25, -0.2) is 0 Å². The van der Waals surface area contributed by atoms with Crippen LogP contribution in [0, 0.1) is 0 Å². The van der Waals surface area contributed by atoms with E-state index in [1.807, 2.05) is 0 Å². The number of nitrogens with one attached hydrogen (secondary N) is 1. The highest BCUT2D eigenvalue weighted by Crippen LogP contribution is 2.28. The Morgan fingerprint density at radius 1 is 1.04 bits per heavy atom. The van der Waals surface area contributed by atoms with Crippen molar-refractivity contribution in [1.29, 1.82) is 0 Å². The maximum atomic E-state index is 11.2. The van der Waals surface area contributed by atoms with Crippen molar-refractivity contribution < 1.29 is 49.6 Å². The molecule has 0 bridgehead atoms. The van der Waals surface area contributed by atoms with Gasteiger partial charge in [0.25, 0.3) is 0 Å². The molecule has 10 atom stereocenters. The fourth-order valence-electron chi connectivity index (χ4n) is 2.92. The Morgan fingerprint density at radius 2 is 1.68 bits per heavy atom. The number of hydrogen-bond donors (Lipinski definition) is 7. The molecule has 11 nitrogen and oxygen atoms in total. The van der Waals surface area contributed by atoms with E-state index in [-0.39, 0.29) is 0 Å². The first-order valence-electron chi connectivity index (χ1n) is 7.92. The zero-order valence-electron chi connectivity index (χ0n) is 13.8. The first-order valence-corrected chi connectivity index (χ1v) is 7.92. The van der Waals surface area contributed by atoms with E-state index < -0.39 is 73.9 Å². The van der Waals surface area contributed by atoms with Gasteiger partial charge in [0.05, 0.1) is 12.7 Å². The predicted molar refractivity (Wildman–Crippen MR) is 78.8 cm³/mol. The Bertz CT molecular complexity index is 465. The summed E-state index contributed by atoms with van der Waals surface area (Å²) in [4.78, 5) is 11.2. The smallest absolute Gasteiger partial charge is 0.217 e. The van der Waals surface area contributed by atoms with Crippen molar-refractivity contribution in [1.82, 2.24) is 5.32 Å². The van der Waals surface area contributed by atoms with Gasteiger partial charge in [-0.2, -0.15) is 0 Å². The van der Waals surface area contributed by atoms with Gasteiger partial charge >= 0.3 is 0 Å². The average Bonchev–Trinajstić information content (AvgIpc) is 2.56. The van der Waals surface area contributed by atoms with Gasteiger partial charge in [0.15, 0.2) is 12.6 Å². The molecule has 1 amide bonds. The molecule has 0 radical (unpaired) electrons. The summed E-state index contributed by atoms with van der Waals surface area (Å²) in [6.45, 7) is 2.01. The Hall–Kier alpha value is -0.890. The van der Waals surface area contributed by atoms with Crippen molar-refractivity contribution in [3.8, 4) is 0 Å². The number of hydrogen-bond acceptors (Lipinski definition) is 10. The minimum Gasteiger partial charge on any atom is -0.394 e.